The van der Waals surface area contributed by atoms with Gasteiger partial charge < -0.3 is 4.74 Å². The van der Waals surface area contributed by atoms with E-state index in [9.17, 15) is 4.79 Å². The summed E-state index contributed by atoms with van der Waals surface area (Å²) in [5, 5.41) is 0.988. The Bertz CT molecular complexity index is 410. The molecular formula is C13H16Cl2O2S. The first kappa shape index (κ1) is 15.7. The maximum Gasteiger partial charge on any atom is 0.319 e. The van der Waals surface area contributed by atoms with E-state index in [4.69, 9.17) is 27.9 Å². The fraction of sp³-hybridized carbons (Fsp3) is 0.462. The van der Waals surface area contributed by atoms with Crippen LogP contribution in [0.5, 0.6) is 0 Å². The first-order valence-electron chi connectivity index (χ1n) is 5.86. The Morgan fingerprint density at radius 2 is 2.11 bits per heavy atom. The van der Waals surface area contributed by atoms with Crippen molar-refractivity contribution in [3.63, 3.8) is 0 Å². The Morgan fingerprint density at radius 3 is 2.72 bits per heavy atom. The number of benzene rings is 1. The van der Waals surface area contributed by atoms with Gasteiger partial charge in [0.15, 0.2) is 0 Å². The van der Waals surface area contributed by atoms with E-state index in [1.54, 1.807) is 25.1 Å². The molecule has 1 rings (SSSR count). The van der Waals surface area contributed by atoms with Gasteiger partial charge >= 0.3 is 5.97 Å². The van der Waals surface area contributed by atoms with Crippen LogP contribution in [-0.4, -0.2) is 17.8 Å². The number of ether oxygens (including phenoxy) is 1. The highest BCUT2D eigenvalue weighted by atomic mass is 35.5. The van der Waals surface area contributed by atoms with Crippen LogP contribution in [0.3, 0.4) is 0 Å². The van der Waals surface area contributed by atoms with E-state index in [-0.39, 0.29) is 11.2 Å². The van der Waals surface area contributed by atoms with E-state index in [0.717, 1.165) is 17.7 Å². The van der Waals surface area contributed by atoms with Crippen LogP contribution < -0.4 is 0 Å². The Balaban J connectivity index is 2.82. The normalized spacial score (nSPS) is 12.2. The van der Waals surface area contributed by atoms with Gasteiger partial charge in [-0.3, -0.25) is 4.79 Å². The van der Waals surface area contributed by atoms with E-state index < -0.39 is 0 Å². The predicted octanol–water partition coefficient (Wildman–Crippen LogP) is 4.82. The zero-order chi connectivity index (χ0) is 13.5. The minimum absolute atomic E-state index is 0.194. The average Bonchev–Trinajstić information content (AvgIpc) is 2.33. The number of carbonyl (C=O) groups is 1. The van der Waals surface area contributed by atoms with Gasteiger partial charge in [-0.05, 0) is 31.5 Å². The molecule has 1 aromatic rings. The lowest BCUT2D eigenvalue weighted by Crippen LogP contribution is -2.20. The van der Waals surface area contributed by atoms with Crippen molar-refractivity contribution in [1.82, 2.24) is 0 Å². The van der Waals surface area contributed by atoms with E-state index in [1.807, 2.05) is 6.92 Å². The van der Waals surface area contributed by atoms with Crippen LogP contribution in [0.1, 0.15) is 26.7 Å². The van der Waals surface area contributed by atoms with Crippen molar-refractivity contribution in [3.05, 3.63) is 28.2 Å². The quantitative estimate of drug-likeness (QED) is 0.557. The van der Waals surface area contributed by atoms with Crippen molar-refractivity contribution >= 4 is 40.9 Å². The van der Waals surface area contributed by atoms with E-state index in [1.165, 1.54) is 11.8 Å². The third-order valence-corrected chi connectivity index (χ3v) is 4.24. The minimum Gasteiger partial charge on any atom is -0.465 e. The molecule has 0 N–H and O–H groups in total. The zero-order valence-electron chi connectivity index (χ0n) is 10.4. The molecule has 0 fully saturated rings. The van der Waals surface area contributed by atoms with Crippen molar-refractivity contribution in [2.75, 3.05) is 6.61 Å². The van der Waals surface area contributed by atoms with Crippen LogP contribution in [0, 0.1) is 0 Å². The Labute approximate surface area is 122 Å². The van der Waals surface area contributed by atoms with Crippen LogP contribution in [0.4, 0.5) is 0 Å². The van der Waals surface area contributed by atoms with E-state index >= 15 is 0 Å². The molecule has 5 heteroatoms. The van der Waals surface area contributed by atoms with Crippen molar-refractivity contribution in [3.8, 4) is 0 Å². The maximum atomic E-state index is 11.8. The second-order valence-electron chi connectivity index (χ2n) is 3.72. The third kappa shape index (κ3) is 4.71. The molecule has 0 heterocycles. The number of hydrogen-bond acceptors (Lipinski definition) is 3. The second-order valence-corrected chi connectivity index (χ2v) is 5.81. The van der Waals surface area contributed by atoms with Gasteiger partial charge in [-0.15, -0.1) is 11.8 Å². The number of thioether (sulfide) groups is 1. The SMILES string of the molecule is CCCC(Sc1cc(Cl)ccc1Cl)C(=O)OCC. The van der Waals surface area contributed by atoms with Gasteiger partial charge in [-0.2, -0.15) is 0 Å². The van der Waals surface area contributed by atoms with Crippen LogP contribution >= 0.6 is 35.0 Å². The molecule has 2 nitrogen and oxygen atoms in total. The van der Waals surface area contributed by atoms with Gasteiger partial charge in [-0.1, -0.05) is 36.5 Å². The van der Waals surface area contributed by atoms with Gasteiger partial charge in [0, 0.05) is 9.92 Å². The molecular weight excluding hydrogens is 291 g/mol. The lowest BCUT2D eigenvalue weighted by molar-refractivity contribution is -0.142. The molecule has 0 saturated heterocycles. The van der Waals surface area contributed by atoms with Crippen LogP contribution in [0.25, 0.3) is 0 Å². The third-order valence-electron chi connectivity index (χ3n) is 2.26. The molecule has 0 amide bonds. The molecule has 0 aliphatic carbocycles. The zero-order valence-corrected chi connectivity index (χ0v) is 12.7. The summed E-state index contributed by atoms with van der Waals surface area (Å²) < 4.78 is 5.06. The van der Waals surface area contributed by atoms with Gasteiger partial charge in [-0.25, -0.2) is 0 Å². The molecule has 18 heavy (non-hydrogen) atoms. The van der Waals surface area contributed by atoms with Gasteiger partial charge in [0.2, 0.25) is 0 Å². The smallest absolute Gasteiger partial charge is 0.319 e. The van der Waals surface area contributed by atoms with Gasteiger partial charge in [0.25, 0.3) is 0 Å². The molecule has 0 spiro atoms. The largest absolute Gasteiger partial charge is 0.465 e. The molecule has 0 bridgehead atoms. The molecule has 0 saturated carbocycles. The lowest BCUT2D eigenvalue weighted by atomic mass is 10.2. The molecule has 0 aromatic heterocycles. The fourth-order valence-electron chi connectivity index (χ4n) is 1.44. The van der Waals surface area contributed by atoms with E-state index in [2.05, 4.69) is 0 Å². The highest BCUT2D eigenvalue weighted by molar-refractivity contribution is 8.00. The minimum atomic E-state index is -0.231. The summed E-state index contributed by atoms with van der Waals surface area (Å²) >= 11 is 13.4. The first-order chi connectivity index (χ1) is 8.58. The Hall–Kier alpha value is -0.380. The number of esters is 1. The van der Waals surface area contributed by atoms with Crippen molar-refractivity contribution in [2.24, 2.45) is 0 Å². The number of hydrogen-bond donors (Lipinski definition) is 0. The van der Waals surface area contributed by atoms with E-state index in [0.29, 0.717) is 16.7 Å². The van der Waals surface area contributed by atoms with Crippen molar-refractivity contribution < 1.29 is 9.53 Å². The standard InChI is InChI=1S/C13H16Cl2O2S/c1-3-5-11(13(16)17-4-2)18-12-8-9(14)6-7-10(12)15/h6-8,11H,3-5H2,1-2H3. The van der Waals surface area contributed by atoms with Gasteiger partial charge in [0.1, 0.15) is 5.25 Å². The Morgan fingerprint density at radius 1 is 1.39 bits per heavy atom. The summed E-state index contributed by atoms with van der Waals surface area (Å²) in [4.78, 5) is 12.6. The number of carbonyl (C=O) groups excluding carboxylic acids is 1. The Kier molecular flexibility index (Phi) is 6.90. The highest BCUT2D eigenvalue weighted by Crippen LogP contribution is 2.34. The average molecular weight is 307 g/mol. The van der Waals surface area contributed by atoms with Crippen LogP contribution in [-0.2, 0) is 9.53 Å². The summed E-state index contributed by atoms with van der Waals surface area (Å²) in [5.41, 5.74) is 0. The molecule has 0 radical (unpaired) electrons. The highest BCUT2D eigenvalue weighted by Gasteiger charge is 2.21. The molecule has 1 atom stereocenters. The van der Waals surface area contributed by atoms with Gasteiger partial charge in [0.05, 0.1) is 11.6 Å². The summed E-state index contributed by atoms with van der Waals surface area (Å²) in [5.74, 6) is -0.194. The monoisotopic (exact) mass is 306 g/mol. The molecule has 100 valence electrons. The molecule has 0 aliphatic rings. The number of rotatable bonds is 6. The van der Waals surface area contributed by atoms with Crippen LogP contribution in [0.15, 0.2) is 23.1 Å². The predicted molar refractivity (Wildman–Crippen MR) is 77.6 cm³/mol. The second kappa shape index (κ2) is 7.93. The fourth-order valence-corrected chi connectivity index (χ4v) is 3.13. The van der Waals surface area contributed by atoms with Crippen molar-refractivity contribution in [2.45, 2.75) is 36.8 Å². The maximum absolute atomic E-state index is 11.8. The van der Waals surface area contributed by atoms with Crippen molar-refractivity contribution in [1.29, 1.82) is 0 Å². The molecule has 1 unspecified atom stereocenters. The lowest BCUT2D eigenvalue weighted by Gasteiger charge is -2.15. The summed E-state index contributed by atoms with van der Waals surface area (Å²) in [7, 11) is 0. The topological polar surface area (TPSA) is 26.3 Å². The first-order valence-corrected chi connectivity index (χ1v) is 7.50. The van der Waals surface area contributed by atoms with Crippen LogP contribution in [0.2, 0.25) is 10.0 Å². The summed E-state index contributed by atoms with van der Waals surface area (Å²) in [6.07, 6.45) is 1.67. The summed E-state index contributed by atoms with van der Waals surface area (Å²) in [6.45, 7) is 4.23. The molecule has 1 aromatic carbocycles. The number of halogens is 2. The molecule has 0 aliphatic heterocycles. The summed E-state index contributed by atoms with van der Waals surface area (Å²) in [6, 6.07) is 5.24.